The number of carbonyl (C=O) groups excluding carboxylic acids is 1. The molecule has 0 atom stereocenters. The van der Waals surface area contributed by atoms with Crippen LogP contribution < -0.4 is 10.5 Å². The molecule has 188 valence electrons. The van der Waals surface area contributed by atoms with Gasteiger partial charge in [0.15, 0.2) is 0 Å². The van der Waals surface area contributed by atoms with Crippen molar-refractivity contribution < 1.29 is 14.6 Å². The Kier molecular flexibility index (Phi) is 8.15. The van der Waals surface area contributed by atoms with E-state index in [9.17, 15) is 9.90 Å². The highest BCUT2D eigenvalue weighted by Gasteiger charge is 2.26. The molecule has 1 amide bonds. The van der Waals surface area contributed by atoms with Gasteiger partial charge < -0.3 is 15.6 Å². The van der Waals surface area contributed by atoms with Gasteiger partial charge in [-0.1, -0.05) is 77.9 Å². The van der Waals surface area contributed by atoms with Crippen molar-refractivity contribution in [3.05, 3.63) is 70.8 Å². The number of carbonyl (C=O) groups is 1. The number of hydrogen-bond acceptors (Lipinski definition) is 3. The first kappa shape index (κ1) is 26.6. The number of fused-ring (bicyclic) bond motifs is 1. The molecule has 0 unspecified atom stereocenters. The minimum atomic E-state index is -0.509. The molecule has 0 aliphatic heterocycles. The van der Waals surface area contributed by atoms with E-state index in [2.05, 4.69) is 59.7 Å². The molecule has 0 aromatic heterocycles. The molecule has 4 heteroatoms. The van der Waals surface area contributed by atoms with E-state index < -0.39 is 5.91 Å². The highest BCUT2D eigenvalue weighted by atomic mass is 16.5. The van der Waals surface area contributed by atoms with Crippen LogP contribution >= 0.6 is 0 Å². The standard InChI is InChI=1S/C31H41NO3/c1-7-30(3,4)22-16-17-27(25(20-22)31(5,6)8-2)35-18-12-11-15-24-26(33)19-21-13-9-10-14-23(21)28(24)29(32)34/h9-10,13-14,16-17,19-20,33H,7-8,11-12,15,18H2,1-6H3,(H2,32,34). The summed E-state index contributed by atoms with van der Waals surface area (Å²) in [6.45, 7) is 14.1. The van der Waals surface area contributed by atoms with Crippen LogP contribution in [0.25, 0.3) is 10.8 Å². The molecule has 0 radical (unpaired) electrons. The minimum absolute atomic E-state index is 0.0163. The van der Waals surface area contributed by atoms with E-state index in [0.29, 0.717) is 24.2 Å². The second-order valence-corrected chi connectivity index (χ2v) is 10.8. The van der Waals surface area contributed by atoms with Gasteiger partial charge in [0.25, 0.3) is 0 Å². The van der Waals surface area contributed by atoms with Crippen molar-refractivity contribution in [1.29, 1.82) is 0 Å². The van der Waals surface area contributed by atoms with E-state index in [1.54, 1.807) is 6.07 Å². The lowest BCUT2D eigenvalue weighted by atomic mass is 9.76. The van der Waals surface area contributed by atoms with Gasteiger partial charge in [-0.2, -0.15) is 0 Å². The minimum Gasteiger partial charge on any atom is -0.508 e. The van der Waals surface area contributed by atoms with Crippen LogP contribution in [-0.4, -0.2) is 17.6 Å². The van der Waals surface area contributed by atoms with Crippen molar-refractivity contribution in [1.82, 2.24) is 0 Å². The summed E-state index contributed by atoms with van der Waals surface area (Å²) in [4.78, 5) is 12.2. The summed E-state index contributed by atoms with van der Waals surface area (Å²) in [5.41, 5.74) is 9.48. The Balaban J connectivity index is 1.73. The molecular formula is C31H41NO3. The van der Waals surface area contributed by atoms with E-state index in [1.807, 2.05) is 24.3 Å². The molecule has 0 saturated carbocycles. The number of nitrogens with two attached hydrogens (primary N) is 1. The van der Waals surface area contributed by atoms with Gasteiger partial charge in [-0.05, 0) is 71.4 Å². The quantitative estimate of drug-likeness (QED) is 0.283. The summed E-state index contributed by atoms with van der Waals surface area (Å²) < 4.78 is 6.29. The zero-order chi connectivity index (χ0) is 25.8. The van der Waals surface area contributed by atoms with Crippen LogP contribution in [0.15, 0.2) is 48.5 Å². The van der Waals surface area contributed by atoms with Crippen LogP contribution in [0.3, 0.4) is 0 Å². The number of rotatable bonds is 11. The average Bonchev–Trinajstić information content (AvgIpc) is 2.83. The van der Waals surface area contributed by atoms with Gasteiger partial charge in [-0.3, -0.25) is 4.79 Å². The summed E-state index contributed by atoms with van der Waals surface area (Å²) in [5, 5.41) is 12.2. The third-order valence-corrected chi connectivity index (χ3v) is 7.72. The Morgan fingerprint density at radius 1 is 0.943 bits per heavy atom. The van der Waals surface area contributed by atoms with Gasteiger partial charge in [-0.25, -0.2) is 0 Å². The fourth-order valence-electron chi connectivity index (χ4n) is 4.50. The first-order chi connectivity index (χ1) is 16.5. The third kappa shape index (κ3) is 5.80. The number of ether oxygens (including phenoxy) is 1. The summed E-state index contributed by atoms with van der Waals surface area (Å²) in [7, 11) is 0. The molecule has 3 aromatic rings. The smallest absolute Gasteiger partial charge is 0.249 e. The van der Waals surface area contributed by atoms with Crippen LogP contribution in [-0.2, 0) is 17.3 Å². The van der Waals surface area contributed by atoms with Gasteiger partial charge in [-0.15, -0.1) is 0 Å². The molecule has 3 aromatic carbocycles. The lowest BCUT2D eigenvalue weighted by Crippen LogP contribution is -2.21. The van der Waals surface area contributed by atoms with Crippen molar-refractivity contribution in [2.45, 2.75) is 84.5 Å². The molecular weight excluding hydrogens is 434 g/mol. The Hall–Kier alpha value is -3.01. The van der Waals surface area contributed by atoms with Gasteiger partial charge in [0.1, 0.15) is 11.5 Å². The van der Waals surface area contributed by atoms with Crippen molar-refractivity contribution >= 4 is 16.7 Å². The Morgan fingerprint density at radius 2 is 1.63 bits per heavy atom. The number of benzene rings is 3. The maximum atomic E-state index is 12.2. The molecule has 0 saturated heterocycles. The molecule has 0 bridgehead atoms. The number of unbranched alkanes of at least 4 members (excludes halogenated alkanes) is 1. The largest absolute Gasteiger partial charge is 0.508 e. The number of aromatic hydroxyl groups is 1. The molecule has 0 heterocycles. The lowest BCUT2D eigenvalue weighted by Gasteiger charge is -2.30. The fraction of sp³-hybridized carbons (Fsp3) is 0.452. The van der Waals surface area contributed by atoms with Gasteiger partial charge in [0.05, 0.1) is 12.2 Å². The Bertz CT molecular complexity index is 1190. The number of primary amides is 1. The second-order valence-electron chi connectivity index (χ2n) is 10.8. The van der Waals surface area contributed by atoms with Crippen LogP contribution in [0.5, 0.6) is 11.5 Å². The molecule has 4 nitrogen and oxygen atoms in total. The SMILES string of the molecule is CCC(C)(C)c1ccc(OCCCCc2c(O)cc3ccccc3c2C(N)=O)c(C(C)(C)CC)c1. The first-order valence-corrected chi connectivity index (χ1v) is 12.8. The van der Waals surface area contributed by atoms with E-state index in [0.717, 1.165) is 42.2 Å². The zero-order valence-corrected chi connectivity index (χ0v) is 22.2. The molecule has 0 fully saturated rings. The highest BCUT2D eigenvalue weighted by Crippen LogP contribution is 2.38. The first-order valence-electron chi connectivity index (χ1n) is 12.8. The number of amides is 1. The third-order valence-electron chi connectivity index (χ3n) is 7.72. The van der Waals surface area contributed by atoms with E-state index in [1.165, 1.54) is 11.1 Å². The lowest BCUT2D eigenvalue weighted by molar-refractivity contribution is 0.100. The van der Waals surface area contributed by atoms with Gasteiger partial charge >= 0.3 is 0 Å². The predicted octanol–water partition coefficient (Wildman–Crippen LogP) is 7.42. The number of hydrogen-bond donors (Lipinski definition) is 2. The molecule has 3 N–H and O–H groups in total. The summed E-state index contributed by atoms with van der Waals surface area (Å²) in [6, 6.07) is 15.9. The van der Waals surface area contributed by atoms with Crippen molar-refractivity contribution in [2.24, 2.45) is 5.73 Å². The molecule has 35 heavy (non-hydrogen) atoms. The van der Waals surface area contributed by atoms with Crippen molar-refractivity contribution in [3.8, 4) is 11.5 Å². The van der Waals surface area contributed by atoms with E-state index in [-0.39, 0.29) is 16.6 Å². The number of phenols is 1. The average molecular weight is 476 g/mol. The summed E-state index contributed by atoms with van der Waals surface area (Å²) in [5.74, 6) is 0.559. The zero-order valence-electron chi connectivity index (χ0n) is 22.2. The van der Waals surface area contributed by atoms with Gasteiger partial charge in [0, 0.05) is 11.1 Å². The number of phenolic OH excluding ortho intramolecular Hbond substituents is 1. The van der Waals surface area contributed by atoms with E-state index in [4.69, 9.17) is 10.5 Å². The Morgan fingerprint density at radius 3 is 2.29 bits per heavy atom. The summed E-state index contributed by atoms with van der Waals surface area (Å²) in [6.07, 6.45) is 4.25. The van der Waals surface area contributed by atoms with E-state index >= 15 is 0 Å². The van der Waals surface area contributed by atoms with Crippen molar-refractivity contribution in [2.75, 3.05) is 6.61 Å². The molecule has 0 aliphatic carbocycles. The second kappa shape index (κ2) is 10.7. The Labute approximate surface area is 210 Å². The molecule has 0 aliphatic rings. The van der Waals surface area contributed by atoms with Crippen LogP contribution in [0, 0.1) is 0 Å². The van der Waals surface area contributed by atoms with Gasteiger partial charge in [0.2, 0.25) is 5.91 Å². The van der Waals surface area contributed by atoms with Crippen molar-refractivity contribution in [3.63, 3.8) is 0 Å². The van der Waals surface area contributed by atoms with Crippen LogP contribution in [0.2, 0.25) is 0 Å². The normalized spacial score (nSPS) is 12.2. The monoisotopic (exact) mass is 475 g/mol. The maximum absolute atomic E-state index is 12.2. The summed E-state index contributed by atoms with van der Waals surface area (Å²) >= 11 is 0. The molecule has 3 rings (SSSR count). The topological polar surface area (TPSA) is 72.6 Å². The van der Waals surface area contributed by atoms with Crippen LogP contribution in [0.4, 0.5) is 0 Å². The fourth-order valence-corrected chi connectivity index (χ4v) is 4.50. The molecule has 0 spiro atoms. The van der Waals surface area contributed by atoms with Crippen LogP contribution in [0.1, 0.15) is 94.3 Å². The maximum Gasteiger partial charge on any atom is 0.249 e. The highest BCUT2D eigenvalue weighted by molar-refractivity contribution is 6.08. The predicted molar refractivity (Wildman–Crippen MR) is 146 cm³/mol.